The number of hydrogen-bond donors (Lipinski definition) is 3. The summed E-state index contributed by atoms with van der Waals surface area (Å²) in [5.41, 5.74) is 8.08. The molecule has 2 rings (SSSR count). The fourth-order valence-electron chi connectivity index (χ4n) is 1.60. The van der Waals surface area contributed by atoms with Gasteiger partial charge in [-0.15, -0.1) is 0 Å². The molecule has 0 fully saturated rings. The minimum Gasteiger partial charge on any atom is -0.428 e. The molecule has 0 saturated heterocycles. The van der Waals surface area contributed by atoms with Crippen LogP contribution in [0.4, 0.5) is 11.4 Å². The van der Waals surface area contributed by atoms with Crippen LogP contribution < -0.4 is 11.1 Å². The van der Waals surface area contributed by atoms with E-state index in [4.69, 9.17) is 5.73 Å². The van der Waals surface area contributed by atoms with E-state index in [1.54, 1.807) is 12.3 Å². The van der Waals surface area contributed by atoms with Crippen molar-refractivity contribution in [2.45, 2.75) is 6.92 Å². The summed E-state index contributed by atoms with van der Waals surface area (Å²) in [6, 6.07) is 5.50. The van der Waals surface area contributed by atoms with Gasteiger partial charge in [-0.25, -0.2) is 0 Å². The highest BCUT2D eigenvalue weighted by molar-refractivity contribution is 5.99. The van der Waals surface area contributed by atoms with Gasteiger partial charge in [0.1, 0.15) is 5.52 Å². The molecule has 2 aromatic rings. The number of fused-ring (bicyclic) bond motifs is 1. The van der Waals surface area contributed by atoms with Crippen LogP contribution in [0.2, 0.25) is 0 Å². The quantitative estimate of drug-likeness (QED) is 0.501. The van der Waals surface area contributed by atoms with E-state index in [-0.39, 0.29) is 0 Å². The molecule has 0 radical (unpaired) electrons. The standard InChI is InChI=1S/C10H13N3O/c1-2-12-9-4-3-8(11)7-5-6-13(14)10(7)9/h3-6,12,14H,2,11H2,1H3. The summed E-state index contributed by atoms with van der Waals surface area (Å²) in [7, 11) is 0. The zero-order chi connectivity index (χ0) is 10.1. The van der Waals surface area contributed by atoms with Crippen molar-refractivity contribution in [3.8, 4) is 0 Å². The Kier molecular flexibility index (Phi) is 1.96. The van der Waals surface area contributed by atoms with Crippen LogP contribution >= 0.6 is 0 Å². The molecule has 4 heteroatoms. The normalized spacial score (nSPS) is 10.6. The SMILES string of the molecule is CCNc1ccc(N)c2ccn(O)c12. The van der Waals surface area contributed by atoms with Gasteiger partial charge in [0.05, 0.1) is 5.69 Å². The number of hydrogen-bond acceptors (Lipinski definition) is 3. The first-order valence-corrected chi connectivity index (χ1v) is 4.56. The minimum absolute atomic E-state index is 0.675. The minimum atomic E-state index is 0.675. The molecule has 4 nitrogen and oxygen atoms in total. The highest BCUT2D eigenvalue weighted by atomic mass is 16.5. The second kappa shape index (κ2) is 3.14. The summed E-state index contributed by atoms with van der Waals surface area (Å²) in [6.45, 7) is 2.82. The number of nitrogens with one attached hydrogen (secondary N) is 1. The van der Waals surface area contributed by atoms with Crippen molar-refractivity contribution in [2.24, 2.45) is 0 Å². The Balaban J connectivity index is 2.72. The van der Waals surface area contributed by atoms with E-state index in [2.05, 4.69) is 5.32 Å². The highest BCUT2D eigenvalue weighted by Gasteiger charge is 2.07. The lowest BCUT2D eigenvalue weighted by molar-refractivity contribution is 0.200. The molecule has 0 saturated carbocycles. The van der Waals surface area contributed by atoms with Crippen molar-refractivity contribution in [3.63, 3.8) is 0 Å². The Hall–Kier alpha value is -1.84. The summed E-state index contributed by atoms with van der Waals surface area (Å²) in [4.78, 5) is 0. The Bertz CT molecular complexity index is 462. The fourth-order valence-corrected chi connectivity index (χ4v) is 1.60. The summed E-state index contributed by atoms with van der Waals surface area (Å²) in [5, 5.41) is 13.6. The van der Waals surface area contributed by atoms with E-state index in [1.807, 2.05) is 19.1 Å². The summed E-state index contributed by atoms with van der Waals surface area (Å²) in [6.07, 6.45) is 1.59. The molecule has 1 aromatic carbocycles. The first-order valence-electron chi connectivity index (χ1n) is 4.56. The van der Waals surface area contributed by atoms with Gasteiger partial charge in [-0.3, -0.25) is 0 Å². The van der Waals surface area contributed by atoms with Gasteiger partial charge in [0.15, 0.2) is 0 Å². The Labute approximate surface area is 81.9 Å². The maximum absolute atomic E-state index is 9.56. The second-order valence-electron chi connectivity index (χ2n) is 3.16. The monoisotopic (exact) mass is 191 g/mol. The molecule has 0 spiro atoms. The van der Waals surface area contributed by atoms with Crippen molar-refractivity contribution in [1.82, 2.24) is 4.73 Å². The predicted molar refractivity (Wildman–Crippen MR) is 57.7 cm³/mol. The van der Waals surface area contributed by atoms with Crippen LogP contribution in [0.15, 0.2) is 24.4 Å². The van der Waals surface area contributed by atoms with Crippen LogP contribution in [0.5, 0.6) is 0 Å². The Morgan fingerprint density at radius 1 is 1.43 bits per heavy atom. The molecule has 14 heavy (non-hydrogen) atoms. The summed E-state index contributed by atoms with van der Waals surface area (Å²) >= 11 is 0. The van der Waals surface area contributed by atoms with Crippen LogP contribution in [0.3, 0.4) is 0 Å². The van der Waals surface area contributed by atoms with Gasteiger partial charge < -0.3 is 16.3 Å². The van der Waals surface area contributed by atoms with Crippen molar-refractivity contribution in [3.05, 3.63) is 24.4 Å². The van der Waals surface area contributed by atoms with Gasteiger partial charge in [-0.05, 0) is 25.1 Å². The number of aromatic nitrogens is 1. The van der Waals surface area contributed by atoms with Gasteiger partial charge in [0, 0.05) is 23.8 Å². The van der Waals surface area contributed by atoms with E-state index >= 15 is 0 Å². The first-order chi connectivity index (χ1) is 6.74. The van der Waals surface area contributed by atoms with Gasteiger partial charge in [0.2, 0.25) is 0 Å². The van der Waals surface area contributed by atoms with Crippen LogP contribution in [0.25, 0.3) is 10.9 Å². The Morgan fingerprint density at radius 2 is 2.21 bits per heavy atom. The number of rotatable bonds is 2. The van der Waals surface area contributed by atoms with E-state index in [0.29, 0.717) is 5.69 Å². The number of anilines is 2. The molecule has 0 aliphatic rings. The lowest BCUT2D eigenvalue weighted by atomic mass is 10.2. The summed E-state index contributed by atoms with van der Waals surface area (Å²) in [5.74, 6) is 0. The smallest absolute Gasteiger partial charge is 0.112 e. The average molecular weight is 191 g/mol. The van der Waals surface area contributed by atoms with Crippen LogP contribution in [0, 0.1) is 0 Å². The van der Waals surface area contributed by atoms with E-state index in [0.717, 1.165) is 27.9 Å². The lowest BCUT2D eigenvalue weighted by Crippen LogP contribution is -2.00. The fraction of sp³-hybridized carbons (Fsp3) is 0.200. The zero-order valence-corrected chi connectivity index (χ0v) is 7.99. The van der Waals surface area contributed by atoms with E-state index < -0.39 is 0 Å². The van der Waals surface area contributed by atoms with Gasteiger partial charge in [-0.1, -0.05) is 0 Å². The zero-order valence-electron chi connectivity index (χ0n) is 7.99. The Morgan fingerprint density at radius 3 is 2.93 bits per heavy atom. The van der Waals surface area contributed by atoms with Gasteiger partial charge in [-0.2, -0.15) is 4.73 Å². The molecule has 0 unspecified atom stereocenters. The molecule has 0 atom stereocenters. The predicted octanol–water partition coefficient (Wildman–Crippen LogP) is 1.89. The van der Waals surface area contributed by atoms with Gasteiger partial charge in [0.25, 0.3) is 0 Å². The van der Waals surface area contributed by atoms with Crippen molar-refractivity contribution in [1.29, 1.82) is 0 Å². The second-order valence-corrected chi connectivity index (χ2v) is 3.16. The van der Waals surface area contributed by atoms with Crippen molar-refractivity contribution >= 4 is 22.3 Å². The maximum atomic E-state index is 9.56. The van der Waals surface area contributed by atoms with Gasteiger partial charge >= 0.3 is 0 Å². The molecule has 0 aliphatic heterocycles. The number of benzene rings is 1. The van der Waals surface area contributed by atoms with E-state index in [9.17, 15) is 5.21 Å². The largest absolute Gasteiger partial charge is 0.428 e. The molecule has 0 amide bonds. The topological polar surface area (TPSA) is 63.2 Å². The first kappa shape index (κ1) is 8.74. The molecule has 4 N–H and O–H groups in total. The maximum Gasteiger partial charge on any atom is 0.112 e. The molecular formula is C10H13N3O. The third-order valence-corrected chi connectivity index (χ3v) is 2.23. The van der Waals surface area contributed by atoms with Crippen LogP contribution in [0.1, 0.15) is 6.92 Å². The number of nitrogen functional groups attached to an aromatic ring is 1. The third kappa shape index (κ3) is 1.16. The van der Waals surface area contributed by atoms with Crippen molar-refractivity contribution < 1.29 is 5.21 Å². The molecule has 1 heterocycles. The summed E-state index contributed by atoms with van der Waals surface area (Å²) < 4.78 is 1.09. The molecule has 1 aromatic heterocycles. The average Bonchev–Trinajstić information content (AvgIpc) is 2.55. The van der Waals surface area contributed by atoms with Crippen LogP contribution in [-0.2, 0) is 0 Å². The molecule has 0 aliphatic carbocycles. The molecule has 0 bridgehead atoms. The molecular weight excluding hydrogens is 178 g/mol. The van der Waals surface area contributed by atoms with E-state index in [1.165, 1.54) is 0 Å². The van der Waals surface area contributed by atoms with Crippen LogP contribution in [-0.4, -0.2) is 16.5 Å². The molecule has 74 valence electrons. The lowest BCUT2D eigenvalue weighted by Gasteiger charge is -2.07. The number of nitrogens with zero attached hydrogens (tertiary/aromatic N) is 1. The third-order valence-electron chi connectivity index (χ3n) is 2.23. The highest BCUT2D eigenvalue weighted by Crippen LogP contribution is 2.28. The number of nitrogens with two attached hydrogens (primary N) is 1. The van der Waals surface area contributed by atoms with Crippen molar-refractivity contribution in [2.75, 3.05) is 17.6 Å².